The Bertz CT molecular complexity index is 2410. The molecule has 0 amide bonds. The second-order valence-electron chi connectivity index (χ2n) is 14.1. The molecule has 10 rings (SSSR count). The zero-order valence-corrected chi connectivity index (χ0v) is 30.8. The zero-order chi connectivity index (χ0) is 36.4. The van der Waals surface area contributed by atoms with Gasteiger partial charge in [0, 0.05) is 104 Å². The van der Waals surface area contributed by atoms with Crippen molar-refractivity contribution in [2.75, 3.05) is 62.2 Å². The molecule has 2 fully saturated rings. The highest BCUT2D eigenvalue weighted by Gasteiger charge is 2.21. The number of nitrogens with one attached hydrogen (secondary N) is 2. The lowest BCUT2D eigenvalue weighted by atomic mass is 10.1. The van der Waals surface area contributed by atoms with Gasteiger partial charge in [0.1, 0.15) is 17.5 Å². The monoisotopic (exact) mass is 736 g/mol. The number of hydrogen-bond donors (Lipinski definition) is 2. The molecule has 0 bridgehead atoms. The van der Waals surface area contributed by atoms with Crippen LogP contribution in [0.15, 0.2) is 122 Å². The second kappa shape index (κ2) is 15.1. The highest BCUT2D eigenvalue weighted by molar-refractivity contribution is 6.30. The van der Waals surface area contributed by atoms with Crippen molar-refractivity contribution in [3.05, 3.63) is 144 Å². The first-order chi connectivity index (χ1) is 26.6. The minimum Gasteiger partial charge on any atom is -0.353 e. The minimum atomic E-state index is -0.197. The van der Waals surface area contributed by atoms with Gasteiger partial charge in [-0.1, -0.05) is 72.3 Å². The summed E-state index contributed by atoms with van der Waals surface area (Å²) in [4.78, 5) is 14.8. The molecule has 0 radical (unpaired) electrons. The minimum absolute atomic E-state index is 0.197. The Morgan fingerprint density at radius 1 is 0.537 bits per heavy atom. The van der Waals surface area contributed by atoms with Gasteiger partial charge in [-0.15, -0.1) is 0 Å². The molecule has 0 saturated carbocycles. The van der Waals surface area contributed by atoms with E-state index in [1.165, 1.54) is 33.4 Å². The summed E-state index contributed by atoms with van der Waals surface area (Å²) in [5.74, 6) is 1.94. The molecule has 0 spiro atoms. The molecule has 54 heavy (non-hydrogen) atoms. The highest BCUT2D eigenvalue weighted by Crippen LogP contribution is 2.34. The smallest absolute Gasteiger partial charge is 0.138 e. The Kier molecular flexibility index (Phi) is 9.59. The van der Waals surface area contributed by atoms with E-state index in [9.17, 15) is 4.39 Å². The van der Waals surface area contributed by atoms with Crippen molar-refractivity contribution in [3.63, 3.8) is 0 Å². The molecule has 2 aliphatic rings. The van der Waals surface area contributed by atoms with E-state index in [0.29, 0.717) is 6.54 Å². The molecule has 0 atom stereocenters. The van der Waals surface area contributed by atoms with Crippen molar-refractivity contribution in [3.8, 4) is 0 Å². The van der Waals surface area contributed by atoms with Gasteiger partial charge in [-0.2, -0.15) is 0 Å². The van der Waals surface area contributed by atoms with Crippen molar-refractivity contribution in [2.24, 2.45) is 0 Å². The van der Waals surface area contributed by atoms with Crippen LogP contribution in [0.2, 0.25) is 5.02 Å². The van der Waals surface area contributed by atoms with Gasteiger partial charge in [-0.3, -0.25) is 0 Å². The first kappa shape index (κ1) is 34.3. The molecule has 4 aromatic heterocycles. The maximum atomic E-state index is 13.6. The van der Waals surface area contributed by atoms with E-state index in [2.05, 4.69) is 96.6 Å². The van der Waals surface area contributed by atoms with Gasteiger partial charge in [0.25, 0.3) is 0 Å². The fourth-order valence-corrected chi connectivity index (χ4v) is 8.17. The van der Waals surface area contributed by atoms with E-state index in [1.807, 2.05) is 36.4 Å². The van der Waals surface area contributed by atoms with Crippen molar-refractivity contribution in [1.29, 1.82) is 0 Å². The van der Waals surface area contributed by atoms with Crippen LogP contribution in [0.3, 0.4) is 0 Å². The number of rotatable bonds is 6. The molecule has 272 valence electrons. The molecule has 0 unspecified atom stereocenters. The first-order valence-electron chi connectivity index (χ1n) is 18.7. The van der Waals surface area contributed by atoms with E-state index >= 15 is 0 Å². The first-order valence-corrected chi connectivity index (χ1v) is 19.1. The number of aromatic nitrogens is 4. The number of nitrogens with zero attached hydrogens (tertiary/aromatic N) is 6. The molecule has 2 N–H and O–H groups in total. The predicted molar refractivity (Wildman–Crippen MR) is 221 cm³/mol. The van der Waals surface area contributed by atoms with Gasteiger partial charge in [-0.25, -0.2) is 14.4 Å². The molecule has 10 heteroatoms. The summed E-state index contributed by atoms with van der Waals surface area (Å²) in [7, 11) is 0. The lowest BCUT2D eigenvalue weighted by molar-refractivity contribution is 0.587. The van der Waals surface area contributed by atoms with Crippen LogP contribution in [-0.2, 0) is 13.1 Å². The summed E-state index contributed by atoms with van der Waals surface area (Å²) in [6.07, 6.45) is 4.26. The number of anilines is 2. The summed E-state index contributed by atoms with van der Waals surface area (Å²) in [6.45, 7) is 9.25. The van der Waals surface area contributed by atoms with Gasteiger partial charge in [0.05, 0.1) is 22.1 Å². The quantitative estimate of drug-likeness (QED) is 0.180. The van der Waals surface area contributed by atoms with Crippen molar-refractivity contribution >= 4 is 66.8 Å². The molecule has 8 nitrogen and oxygen atoms in total. The molecular weight excluding hydrogens is 695 g/mol. The summed E-state index contributed by atoms with van der Waals surface area (Å²) in [5.41, 5.74) is 6.61. The van der Waals surface area contributed by atoms with Gasteiger partial charge < -0.3 is 29.6 Å². The standard InChI is InChI=1S/C22H21ClN4.C22H21FN4/c2*23-17-5-3-4-16(14-17)15-27-11-8-19-21(27)18-6-1-2-7-20(18)25-22(19)26-12-9-24-10-13-26/h2*1-8,11,14,24H,9-10,12-13,15H2. The Hall–Kier alpha value is -5.48. The third kappa shape index (κ3) is 6.86. The molecule has 0 aliphatic carbocycles. The second-order valence-corrected chi connectivity index (χ2v) is 14.5. The summed E-state index contributed by atoms with van der Waals surface area (Å²) in [6, 6.07) is 36.0. The fraction of sp³-hybridized carbons (Fsp3) is 0.227. The third-order valence-electron chi connectivity index (χ3n) is 10.5. The molecule has 4 aromatic carbocycles. The van der Waals surface area contributed by atoms with Crippen LogP contribution in [0.4, 0.5) is 16.0 Å². The van der Waals surface area contributed by atoms with Crippen LogP contribution >= 0.6 is 11.6 Å². The summed E-state index contributed by atoms with van der Waals surface area (Å²) in [5, 5.41) is 12.3. The van der Waals surface area contributed by atoms with Crippen LogP contribution in [0.25, 0.3) is 43.6 Å². The normalized spacial score (nSPS) is 14.9. The average molecular weight is 737 g/mol. The van der Waals surface area contributed by atoms with Crippen LogP contribution in [0, 0.1) is 5.82 Å². The van der Waals surface area contributed by atoms with Crippen LogP contribution in [0.5, 0.6) is 0 Å². The summed E-state index contributed by atoms with van der Waals surface area (Å²) >= 11 is 6.19. The lowest BCUT2D eigenvalue weighted by Gasteiger charge is -2.29. The number of benzene rings is 4. The van der Waals surface area contributed by atoms with Gasteiger partial charge >= 0.3 is 0 Å². The average Bonchev–Trinajstić information content (AvgIpc) is 3.83. The lowest BCUT2D eigenvalue weighted by Crippen LogP contribution is -2.44. The van der Waals surface area contributed by atoms with Crippen LogP contribution in [-0.4, -0.2) is 71.5 Å². The number of hydrogen-bond acceptors (Lipinski definition) is 6. The molecule has 8 aromatic rings. The van der Waals surface area contributed by atoms with Crippen molar-refractivity contribution in [1.82, 2.24) is 29.7 Å². The zero-order valence-electron chi connectivity index (χ0n) is 30.1. The van der Waals surface area contributed by atoms with E-state index in [1.54, 1.807) is 12.1 Å². The van der Waals surface area contributed by atoms with E-state index < -0.39 is 0 Å². The molecular formula is C44H42ClFN8. The largest absolute Gasteiger partial charge is 0.353 e. The molecule has 6 heterocycles. The SMILES string of the molecule is Clc1cccc(Cn2ccc3c(N4CCNCC4)nc4ccccc4c32)c1.Fc1cccc(Cn2ccc3c(N4CCNCC4)nc4ccccc4c32)c1. The number of halogens is 2. The van der Waals surface area contributed by atoms with E-state index in [-0.39, 0.29) is 5.82 Å². The highest BCUT2D eigenvalue weighted by atomic mass is 35.5. The Morgan fingerprint density at radius 3 is 1.52 bits per heavy atom. The van der Waals surface area contributed by atoms with Crippen molar-refractivity contribution in [2.45, 2.75) is 13.1 Å². The van der Waals surface area contributed by atoms with Gasteiger partial charge in [0.2, 0.25) is 0 Å². The number of para-hydroxylation sites is 2. The fourth-order valence-electron chi connectivity index (χ4n) is 7.96. The Balaban J connectivity index is 0.000000142. The van der Waals surface area contributed by atoms with Crippen molar-refractivity contribution < 1.29 is 4.39 Å². The number of fused-ring (bicyclic) bond motifs is 6. The predicted octanol–water partition coefficient (Wildman–Crippen LogP) is 8.09. The number of pyridine rings is 2. The van der Waals surface area contributed by atoms with Crippen LogP contribution < -0.4 is 20.4 Å². The van der Waals surface area contributed by atoms with Gasteiger partial charge in [-0.05, 0) is 59.7 Å². The Morgan fingerprint density at radius 2 is 1.02 bits per heavy atom. The van der Waals surface area contributed by atoms with E-state index in [4.69, 9.17) is 21.6 Å². The number of piperazine rings is 2. The maximum absolute atomic E-state index is 13.6. The molecule has 2 saturated heterocycles. The van der Waals surface area contributed by atoms with Gasteiger partial charge in [0.15, 0.2) is 0 Å². The Labute approximate surface area is 318 Å². The summed E-state index contributed by atoms with van der Waals surface area (Å²) < 4.78 is 18.2. The molecule has 2 aliphatic heterocycles. The topological polar surface area (TPSA) is 66.2 Å². The third-order valence-corrected chi connectivity index (χ3v) is 10.7. The van der Waals surface area contributed by atoms with E-state index in [0.717, 1.165) is 103 Å². The maximum Gasteiger partial charge on any atom is 0.138 e. The van der Waals surface area contributed by atoms with Crippen LogP contribution in [0.1, 0.15) is 11.1 Å².